The second-order valence-electron chi connectivity index (χ2n) is 7.12. The molecule has 0 radical (unpaired) electrons. The number of guanidine groups is 1. The van der Waals surface area contributed by atoms with E-state index >= 15 is 0 Å². The highest BCUT2D eigenvalue weighted by atomic mass is 32.1. The predicted octanol–water partition coefficient (Wildman–Crippen LogP) is 3.34. The van der Waals surface area contributed by atoms with E-state index in [-0.39, 0.29) is 0 Å². The van der Waals surface area contributed by atoms with E-state index in [2.05, 4.69) is 63.6 Å². The summed E-state index contributed by atoms with van der Waals surface area (Å²) in [6.45, 7) is 8.39. The number of aromatic nitrogens is 1. The molecule has 3 rings (SSSR count). The number of piperidine rings is 1. The summed E-state index contributed by atoms with van der Waals surface area (Å²) < 4.78 is 0. The lowest BCUT2D eigenvalue weighted by Crippen LogP contribution is -2.48. The molecular formula is C21H31N5S. The number of thiazole rings is 1. The summed E-state index contributed by atoms with van der Waals surface area (Å²) in [7, 11) is 1.84. The molecule has 2 heterocycles. The van der Waals surface area contributed by atoms with Crippen LogP contribution in [0.5, 0.6) is 0 Å². The molecule has 0 aliphatic carbocycles. The average molecular weight is 386 g/mol. The van der Waals surface area contributed by atoms with Crippen LogP contribution in [-0.2, 0) is 19.5 Å². The molecule has 6 heteroatoms. The van der Waals surface area contributed by atoms with Crippen LogP contribution in [-0.4, -0.2) is 42.0 Å². The molecule has 2 aromatic rings. The highest BCUT2D eigenvalue weighted by molar-refractivity contribution is 7.11. The van der Waals surface area contributed by atoms with Gasteiger partial charge in [0.05, 0.1) is 6.54 Å². The first-order valence-corrected chi connectivity index (χ1v) is 10.7. The minimum absolute atomic E-state index is 0.479. The molecular weight excluding hydrogens is 354 g/mol. The second-order valence-corrected chi connectivity index (χ2v) is 8.32. The lowest BCUT2D eigenvalue weighted by molar-refractivity contribution is 0.198. The van der Waals surface area contributed by atoms with Crippen molar-refractivity contribution in [2.75, 3.05) is 20.1 Å². The van der Waals surface area contributed by atoms with Crippen molar-refractivity contribution in [1.29, 1.82) is 0 Å². The fourth-order valence-electron chi connectivity index (χ4n) is 3.40. The molecule has 0 atom stereocenters. The van der Waals surface area contributed by atoms with E-state index < -0.39 is 0 Å². The summed E-state index contributed by atoms with van der Waals surface area (Å²) in [6, 6.07) is 9.17. The third-order valence-corrected chi connectivity index (χ3v) is 6.31. The van der Waals surface area contributed by atoms with Gasteiger partial charge in [-0.05, 0) is 37.3 Å². The molecule has 0 unspecified atom stereocenters. The van der Waals surface area contributed by atoms with Crippen molar-refractivity contribution in [2.24, 2.45) is 4.99 Å². The molecule has 1 aromatic heterocycles. The van der Waals surface area contributed by atoms with Gasteiger partial charge in [0.25, 0.3) is 0 Å². The molecule has 27 heavy (non-hydrogen) atoms. The van der Waals surface area contributed by atoms with Gasteiger partial charge in [0.1, 0.15) is 5.01 Å². The van der Waals surface area contributed by atoms with E-state index in [1.54, 1.807) is 11.3 Å². The molecule has 146 valence electrons. The van der Waals surface area contributed by atoms with Gasteiger partial charge in [-0.25, -0.2) is 4.98 Å². The minimum atomic E-state index is 0.479. The summed E-state index contributed by atoms with van der Waals surface area (Å²) in [6.07, 6.45) is 5.31. The highest BCUT2D eigenvalue weighted by Gasteiger charge is 2.20. The summed E-state index contributed by atoms with van der Waals surface area (Å²) in [5, 5.41) is 8.10. The number of aliphatic imine (C=N–C) groups is 1. The normalized spacial score (nSPS) is 16.5. The van der Waals surface area contributed by atoms with Gasteiger partial charge in [-0.1, -0.05) is 31.2 Å². The zero-order valence-electron chi connectivity index (χ0n) is 16.7. The Morgan fingerprint density at radius 1 is 1.30 bits per heavy atom. The van der Waals surface area contributed by atoms with E-state index in [4.69, 9.17) is 0 Å². The van der Waals surface area contributed by atoms with E-state index in [1.165, 1.54) is 16.0 Å². The van der Waals surface area contributed by atoms with Crippen LogP contribution in [0.2, 0.25) is 0 Å². The van der Waals surface area contributed by atoms with Crippen LogP contribution in [0.15, 0.2) is 35.5 Å². The molecule has 1 aliphatic heterocycles. The number of hydrogen-bond acceptors (Lipinski definition) is 4. The maximum atomic E-state index is 4.46. The molecule has 5 nitrogen and oxygen atoms in total. The van der Waals surface area contributed by atoms with E-state index in [9.17, 15) is 0 Å². The first kappa shape index (κ1) is 19.8. The van der Waals surface area contributed by atoms with Gasteiger partial charge in [-0.2, -0.15) is 0 Å². The van der Waals surface area contributed by atoms with E-state index in [1.807, 2.05) is 13.2 Å². The van der Waals surface area contributed by atoms with Crippen LogP contribution in [0.25, 0.3) is 0 Å². The smallest absolute Gasteiger partial charge is 0.191 e. The van der Waals surface area contributed by atoms with Gasteiger partial charge < -0.3 is 10.6 Å². The SMILES string of the molecule is CCc1cnc(CNC(=NC)NC2CCN(Cc3ccccc3C)CC2)s1. The van der Waals surface area contributed by atoms with Crippen molar-refractivity contribution in [3.63, 3.8) is 0 Å². The number of nitrogens with one attached hydrogen (secondary N) is 2. The predicted molar refractivity (Wildman–Crippen MR) is 114 cm³/mol. The van der Waals surface area contributed by atoms with Crippen LogP contribution in [0.1, 0.15) is 40.8 Å². The maximum absolute atomic E-state index is 4.46. The monoisotopic (exact) mass is 385 g/mol. The quantitative estimate of drug-likeness (QED) is 0.591. The van der Waals surface area contributed by atoms with E-state index in [0.29, 0.717) is 6.04 Å². The fraction of sp³-hybridized carbons (Fsp3) is 0.524. The first-order valence-electron chi connectivity index (χ1n) is 9.85. The third kappa shape index (κ3) is 5.78. The zero-order valence-corrected chi connectivity index (χ0v) is 17.5. The van der Waals surface area contributed by atoms with Crippen molar-refractivity contribution in [3.8, 4) is 0 Å². The number of nitrogens with zero attached hydrogens (tertiary/aromatic N) is 3. The minimum Gasteiger partial charge on any atom is -0.354 e. The number of benzene rings is 1. The topological polar surface area (TPSA) is 52.6 Å². The van der Waals surface area contributed by atoms with Gasteiger partial charge >= 0.3 is 0 Å². The molecule has 0 amide bonds. The molecule has 1 aromatic carbocycles. The molecule has 0 spiro atoms. The maximum Gasteiger partial charge on any atom is 0.191 e. The van der Waals surface area contributed by atoms with Crippen LogP contribution >= 0.6 is 11.3 Å². The first-order chi connectivity index (χ1) is 13.2. The third-order valence-electron chi connectivity index (χ3n) is 5.16. The Morgan fingerprint density at radius 2 is 2.07 bits per heavy atom. The number of aryl methyl sites for hydroxylation is 2. The Bertz CT molecular complexity index is 747. The lowest BCUT2D eigenvalue weighted by atomic mass is 10.0. The standard InChI is InChI=1S/C21H31N5S/c1-4-19-13-23-20(27-19)14-24-21(22-3)25-18-9-11-26(12-10-18)15-17-8-6-5-7-16(17)2/h5-8,13,18H,4,9-12,14-15H2,1-3H3,(H2,22,24,25). The molecule has 2 N–H and O–H groups in total. The van der Waals surface area contributed by atoms with Crippen LogP contribution in [0.4, 0.5) is 0 Å². The number of likely N-dealkylation sites (tertiary alicyclic amines) is 1. The van der Waals surface area contributed by atoms with Gasteiger partial charge in [0, 0.05) is 43.8 Å². The fourth-order valence-corrected chi connectivity index (χ4v) is 4.21. The van der Waals surface area contributed by atoms with Crippen LogP contribution < -0.4 is 10.6 Å². The van der Waals surface area contributed by atoms with Gasteiger partial charge in [-0.15, -0.1) is 11.3 Å². The van der Waals surface area contributed by atoms with Crippen molar-refractivity contribution >= 4 is 17.3 Å². The van der Waals surface area contributed by atoms with Crippen molar-refractivity contribution in [3.05, 3.63) is 51.5 Å². The van der Waals surface area contributed by atoms with Crippen LogP contribution in [0.3, 0.4) is 0 Å². The van der Waals surface area contributed by atoms with Gasteiger partial charge in [0.2, 0.25) is 0 Å². The molecule has 1 aliphatic rings. The Hall–Kier alpha value is -1.92. The molecule has 1 saturated heterocycles. The summed E-state index contributed by atoms with van der Waals surface area (Å²) in [5.41, 5.74) is 2.83. The molecule has 0 bridgehead atoms. The average Bonchev–Trinajstić information content (AvgIpc) is 3.16. The molecule has 0 saturated carbocycles. The van der Waals surface area contributed by atoms with Crippen molar-refractivity contribution in [1.82, 2.24) is 20.5 Å². The van der Waals surface area contributed by atoms with Gasteiger partial charge in [0.15, 0.2) is 5.96 Å². The number of hydrogen-bond donors (Lipinski definition) is 2. The van der Waals surface area contributed by atoms with Crippen LogP contribution in [0, 0.1) is 6.92 Å². The Morgan fingerprint density at radius 3 is 2.74 bits per heavy atom. The van der Waals surface area contributed by atoms with Crippen molar-refractivity contribution in [2.45, 2.75) is 52.2 Å². The summed E-state index contributed by atoms with van der Waals surface area (Å²) in [5.74, 6) is 0.876. The number of rotatable bonds is 6. The lowest BCUT2D eigenvalue weighted by Gasteiger charge is -2.33. The van der Waals surface area contributed by atoms with Crippen molar-refractivity contribution < 1.29 is 0 Å². The Labute approximate surface area is 166 Å². The van der Waals surface area contributed by atoms with Gasteiger partial charge in [-0.3, -0.25) is 9.89 Å². The Kier molecular flexibility index (Phi) is 7.24. The molecule has 1 fully saturated rings. The summed E-state index contributed by atoms with van der Waals surface area (Å²) >= 11 is 1.77. The van der Waals surface area contributed by atoms with E-state index in [0.717, 1.165) is 56.4 Å². The summed E-state index contributed by atoms with van der Waals surface area (Å²) in [4.78, 5) is 12.7. The largest absolute Gasteiger partial charge is 0.354 e. The Balaban J connectivity index is 1.42. The highest BCUT2D eigenvalue weighted by Crippen LogP contribution is 2.16. The zero-order chi connectivity index (χ0) is 19.1. The second kappa shape index (κ2) is 9.85.